The lowest BCUT2D eigenvalue weighted by molar-refractivity contribution is 0.0524. The number of rotatable bonds is 5. The number of hydrogen-bond donors (Lipinski definition) is 2. The molecule has 26 heavy (non-hydrogen) atoms. The molecule has 1 aromatic heterocycles. The van der Waals surface area contributed by atoms with Gasteiger partial charge in [0, 0.05) is 19.8 Å². The molecule has 0 saturated carbocycles. The van der Waals surface area contributed by atoms with Crippen molar-refractivity contribution >= 4 is 23.5 Å². The van der Waals surface area contributed by atoms with Crippen molar-refractivity contribution in [3.63, 3.8) is 0 Å². The Kier molecular flexibility index (Phi) is 5.82. The van der Waals surface area contributed by atoms with Crippen LogP contribution >= 0.6 is 0 Å². The fourth-order valence-corrected chi connectivity index (χ4v) is 2.69. The van der Waals surface area contributed by atoms with Gasteiger partial charge in [-0.3, -0.25) is 9.59 Å². The Balaban J connectivity index is 2.34. The highest BCUT2D eigenvalue weighted by Crippen LogP contribution is 2.22. The first kappa shape index (κ1) is 19.2. The molecule has 2 amide bonds. The highest BCUT2D eigenvalue weighted by Gasteiger charge is 2.24. The van der Waals surface area contributed by atoms with Gasteiger partial charge in [-0.05, 0) is 38.5 Å². The average Bonchev–Trinajstić information content (AvgIpc) is 2.89. The van der Waals surface area contributed by atoms with Crippen LogP contribution in [0.1, 0.15) is 49.4 Å². The number of para-hydroxylation sites is 1. The number of amides is 2. The molecule has 7 nitrogen and oxygen atoms in total. The molecule has 1 aromatic carbocycles. The van der Waals surface area contributed by atoms with E-state index in [1.807, 2.05) is 0 Å². The van der Waals surface area contributed by atoms with E-state index >= 15 is 0 Å². The first-order valence-electron chi connectivity index (χ1n) is 8.26. The maximum atomic E-state index is 12.7. The van der Waals surface area contributed by atoms with Crippen LogP contribution in [-0.4, -0.2) is 48.4 Å². The summed E-state index contributed by atoms with van der Waals surface area (Å²) in [4.78, 5) is 41.4. The van der Waals surface area contributed by atoms with Crippen LogP contribution in [0.4, 0.5) is 5.69 Å². The van der Waals surface area contributed by atoms with Gasteiger partial charge in [-0.25, -0.2) is 4.79 Å². The number of aromatic amines is 1. The van der Waals surface area contributed by atoms with Crippen molar-refractivity contribution in [1.29, 1.82) is 0 Å². The number of H-pyrrole nitrogens is 1. The Morgan fingerprint density at radius 1 is 1.15 bits per heavy atom. The molecule has 0 unspecified atom stereocenters. The van der Waals surface area contributed by atoms with Crippen molar-refractivity contribution in [3.05, 3.63) is 52.3 Å². The van der Waals surface area contributed by atoms with Crippen LogP contribution in [0, 0.1) is 13.8 Å². The number of hydrogen-bond acceptors (Lipinski definition) is 4. The number of benzene rings is 1. The van der Waals surface area contributed by atoms with Crippen LogP contribution in [0.2, 0.25) is 0 Å². The minimum atomic E-state index is -0.471. The van der Waals surface area contributed by atoms with Gasteiger partial charge in [-0.2, -0.15) is 0 Å². The van der Waals surface area contributed by atoms with Crippen LogP contribution in [0.15, 0.2) is 24.3 Å². The van der Waals surface area contributed by atoms with Gasteiger partial charge in [0.2, 0.25) is 0 Å². The summed E-state index contributed by atoms with van der Waals surface area (Å²) < 4.78 is 5.04. The van der Waals surface area contributed by atoms with Gasteiger partial charge in [0.05, 0.1) is 23.4 Å². The number of anilines is 1. The third kappa shape index (κ3) is 3.77. The molecule has 0 aliphatic heterocycles. The monoisotopic (exact) mass is 357 g/mol. The molecule has 1 heterocycles. The molecule has 2 aromatic rings. The van der Waals surface area contributed by atoms with Gasteiger partial charge in [0.1, 0.15) is 5.69 Å². The summed E-state index contributed by atoms with van der Waals surface area (Å²) in [6.45, 7) is 5.37. The van der Waals surface area contributed by atoms with E-state index in [2.05, 4.69) is 10.3 Å². The summed E-state index contributed by atoms with van der Waals surface area (Å²) in [5.74, 6) is -1.12. The molecule has 0 bridgehead atoms. The molecule has 0 fully saturated rings. The van der Waals surface area contributed by atoms with E-state index in [9.17, 15) is 14.4 Å². The number of aromatic nitrogens is 1. The summed E-state index contributed by atoms with van der Waals surface area (Å²) in [5.41, 5.74) is 2.48. The van der Waals surface area contributed by atoms with Crippen molar-refractivity contribution in [2.24, 2.45) is 0 Å². The largest absolute Gasteiger partial charge is 0.462 e. The number of nitrogens with zero attached hydrogens (tertiary/aromatic N) is 1. The Morgan fingerprint density at radius 2 is 1.81 bits per heavy atom. The predicted octanol–water partition coefficient (Wildman–Crippen LogP) is 2.76. The Hall–Kier alpha value is -3.09. The zero-order valence-corrected chi connectivity index (χ0v) is 15.6. The molecule has 7 heteroatoms. The third-order valence-electron chi connectivity index (χ3n) is 3.96. The second kappa shape index (κ2) is 7.86. The standard InChI is InChI=1S/C19H23N3O4/c1-6-26-19(25)15-11(2)16(20-12(15)3)17(23)21-14-10-8-7-9-13(14)18(24)22(4)5/h7-10,20H,6H2,1-5H3,(H,21,23). The normalized spacial score (nSPS) is 10.3. The zero-order chi connectivity index (χ0) is 19.4. The molecule has 0 aliphatic carbocycles. The van der Waals surface area contributed by atoms with Gasteiger partial charge in [-0.1, -0.05) is 12.1 Å². The van der Waals surface area contributed by atoms with Crippen molar-refractivity contribution in [2.45, 2.75) is 20.8 Å². The average molecular weight is 357 g/mol. The summed E-state index contributed by atoms with van der Waals surface area (Å²) >= 11 is 0. The number of aryl methyl sites for hydroxylation is 1. The van der Waals surface area contributed by atoms with Crippen molar-refractivity contribution in [3.8, 4) is 0 Å². The molecule has 2 N–H and O–H groups in total. The van der Waals surface area contributed by atoms with Gasteiger partial charge in [0.15, 0.2) is 0 Å². The lowest BCUT2D eigenvalue weighted by Gasteiger charge is -2.14. The second-order valence-corrected chi connectivity index (χ2v) is 6.04. The number of carbonyl (C=O) groups excluding carboxylic acids is 3. The molecule has 0 spiro atoms. The van der Waals surface area contributed by atoms with Crippen molar-refractivity contribution in [1.82, 2.24) is 9.88 Å². The Bertz CT molecular complexity index is 852. The molecule has 0 radical (unpaired) electrons. The van der Waals surface area contributed by atoms with E-state index in [1.54, 1.807) is 59.1 Å². The Morgan fingerprint density at radius 3 is 2.42 bits per heavy atom. The van der Waals surface area contributed by atoms with E-state index in [1.165, 1.54) is 4.90 Å². The SMILES string of the molecule is CCOC(=O)c1c(C)[nH]c(C(=O)Nc2ccccc2C(=O)N(C)C)c1C. The van der Waals surface area contributed by atoms with E-state index in [4.69, 9.17) is 4.74 Å². The molecule has 2 rings (SSSR count). The summed E-state index contributed by atoms with van der Waals surface area (Å²) in [7, 11) is 3.29. The summed E-state index contributed by atoms with van der Waals surface area (Å²) in [5, 5.41) is 2.75. The van der Waals surface area contributed by atoms with E-state index < -0.39 is 11.9 Å². The molecular weight excluding hydrogens is 334 g/mol. The van der Waals surface area contributed by atoms with Gasteiger partial charge >= 0.3 is 5.97 Å². The Labute approximate surface area is 152 Å². The molecule has 138 valence electrons. The highest BCUT2D eigenvalue weighted by atomic mass is 16.5. The first-order valence-corrected chi connectivity index (χ1v) is 8.26. The molecule has 0 atom stereocenters. The van der Waals surface area contributed by atoms with Crippen LogP contribution in [0.25, 0.3) is 0 Å². The van der Waals surface area contributed by atoms with E-state index in [0.717, 1.165) is 0 Å². The minimum Gasteiger partial charge on any atom is -0.462 e. The minimum absolute atomic E-state index is 0.215. The lowest BCUT2D eigenvalue weighted by atomic mass is 10.1. The number of esters is 1. The van der Waals surface area contributed by atoms with Crippen LogP contribution in [-0.2, 0) is 4.74 Å². The first-order chi connectivity index (χ1) is 12.3. The number of carbonyl (C=O) groups is 3. The fraction of sp³-hybridized carbons (Fsp3) is 0.316. The van der Waals surface area contributed by atoms with E-state index in [-0.39, 0.29) is 18.2 Å². The smallest absolute Gasteiger partial charge is 0.340 e. The van der Waals surface area contributed by atoms with Crippen LogP contribution in [0.3, 0.4) is 0 Å². The quantitative estimate of drug-likeness (QED) is 0.805. The van der Waals surface area contributed by atoms with Crippen molar-refractivity contribution < 1.29 is 19.1 Å². The van der Waals surface area contributed by atoms with Crippen molar-refractivity contribution in [2.75, 3.05) is 26.0 Å². The number of ether oxygens (including phenoxy) is 1. The van der Waals surface area contributed by atoms with Gasteiger partial charge < -0.3 is 19.9 Å². The molecular formula is C19H23N3O4. The zero-order valence-electron chi connectivity index (χ0n) is 15.6. The topological polar surface area (TPSA) is 91.5 Å². The number of nitrogens with one attached hydrogen (secondary N) is 2. The second-order valence-electron chi connectivity index (χ2n) is 6.04. The summed E-state index contributed by atoms with van der Waals surface area (Å²) in [6.07, 6.45) is 0. The van der Waals surface area contributed by atoms with Crippen LogP contribution in [0.5, 0.6) is 0 Å². The lowest BCUT2D eigenvalue weighted by Crippen LogP contribution is -2.24. The highest BCUT2D eigenvalue weighted by molar-refractivity contribution is 6.10. The predicted molar refractivity (Wildman–Crippen MR) is 98.6 cm³/mol. The summed E-state index contributed by atoms with van der Waals surface area (Å²) in [6, 6.07) is 6.77. The third-order valence-corrected chi connectivity index (χ3v) is 3.96. The van der Waals surface area contributed by atoms with Gasteiger partial charge in [-0.15, -0.1) is 0 Å². The fourth-order valence-electron chi connectivity index (χ4n) is 2.69. The maximum absolute atomic E-state index is 12.7. The molecule has 0 saturated heterocycles. The van der Waals surface area contributed by atoms with Gasteiger partial charge in [0.25, 0.3) is 11.8 Å². The van der Waals surface area contributed by atoms with E-state index in [0.29, 0.717) is 28.1 Å². The maximum Gasteiger partial charge on any atom is 0.340 e. The van der Waals surface area contributed by atoms with Crippen LogP contribution < -0.4 is 5.32 Å². The molecule has 0 aliphatic rings.